The Labute approximate surface area is 214 Å². The molecule has 2 aromatic heterocycles. The Bertz CT molecular complexity index is 1200. The van der Waals surface area contributed by atoms with E-state index in [9.17, 15) is 9.59 Å². The van der Waals surface area contributed by atoms with Crippen molar-refractivity contribution in [1.29, 1.82) is 0 Å². The van der Waals surface area contributed by atoms with Crippen molar-refractivity contribution in [3.8, 4) is 5.75 Å². The normalized spacial score (nSPS) is 14.8. The minimum atomic E-state index is -0.460. The second kappa shape index (κ2) is 11.0. The van der Waals surface area contributed by atoms with Crippen molar-refractivity contribution in [3.05, 3.63) is 60.1 Å². The van der Waals surface area contributed by atoms with Crippen LogP contribution in [0.25, 0.3) is 0 Å². The molecule has 0 spiro atoms. The second-order valence-corrected chi connectivity index (χ2v) is 10.0. The van der Waals surface area contributed by atoms with Crippen LogP contribution in [0.2, 0.25) is 0 Å². The quantitative estimate of drug-likeness (QED) is 0.385. The molecule has 11 heteroatoms. The van der Waals surface area contributed by atoms with Gasteiger partial charge in [-0.3, -0.25) is 15.1 Å². The summed E-state index contributed by atoms with van der Waals surface area (Å²) in [6.07, 6.45) is 3.25. The van der Waals surface area contributed by atoms with Crippen LogP contribution in [0.1, 0.15) is 49.9 Å². The van der Waals surface area contributed by atoms with Gasteiger partial charge in [0.05, 0.1) is 0 Å². The Balaban J connectivity index is 1.29. The number of aromatic nitrogens is 2. The molecule has 3 N–H and O–H groups in total. The number of nitrogens with one attached hydrogen (secondary N) is 3. The number of carbonyl (C=O) groups is 2. The molecule has 0 atom stereocenters. The van der Waals surface area contributed by atoms with Crippen molar-refractivity contribution in [3.63, 3.8) is 0 Å². The first-order valence-corrected chi connectivity index (χ1v) is 12.0. The summed E-state index contributed by atoms with van der Waals surface area (Å²) in [6.45, 7) is 7.49. The van der Waals surface area contributed by atoms with Gasteiger partial charge in [-0.2, -0.15) is 0 Å². The van der Waals surface area contributed by atoms with E-state index in [1.807, 2.05) is 20.8 Å². The van der Waals surface area contributed by atoms with Gasteiger partial charge < -0.3 is 19.9 Å². The van der Waals surface area contributed by atoms with E-state index in [1.54, 1.807) is 53.1 Å². The summed E-state index contributed by atoms with van der Waals surface area (Å²) in [5.41, 5.74) is 1.13. The number of rotatable bonds is 6. The Morgan fingerprint density at radius 3 is 2.33 bits per heavy atom. The average Bonchev–Trinajstić information content (AvgIpc) is 3.31. The van der Waals surface area contributed by atoms with Crippen LogP contribution in [-0.2, 0) is 5.41 Å². The van der Waals surface area contributed by atoms with Gasteiger partial charge in [-0.15, -0.1) is 0 Å². The van der Waals surface area contributed by atoms with Crippen LogP contribution in [-0.4, -0.2) is 45.7 Å². The molecular weight excluding hydrogens is 484 g/mol. The number of hydrogen-bond donors (Lipinski definition) is 3. The number of nitrogens with zero attached hydrogens (tertiary/aromatic N) is 3. The molecule has 1 saturated heterocycles. The lowest BCUT2D eigenvalue weighted by Gasteiger charge is -2.27. The molecule has 1 aliphatic rings. The SMILES string of the molecule is CC(C)(C)c1cc(NC(=O)Nc2ccc(NC(=O)c3cc(OC4CCN(Cl)CC4)ccn3)cc2)no1. The molecule has 0 unspecified atom stereocenters. The molecule has 4 rings (SSSR count). The molecule has 1 fully saturated rings. The summed E-state index contributed by atoms with van der Waals surface area (Å²) in [7, 11) is 0. The monoisotopic (exact) mass is 512 g/mol. The smallest absolute Gasteiger partial charge is 0.324 e. The molecule has 10 nitrogen and oxygen atoms in total. The molecule has 0 aliphatic carbocycles. The number of anilines is 3. The maximum absolute atomic E-state index is 12.7. The first kappa shape index (κ1) is 25.5. The highest BCUT2D eigenvalue weighted by Crippen LogP contribution is 2.25. The molecule has 0 bridgehead atoms. The standard InChI is InChI=1S/C25H29ClN6O4/c1-25(2,3)21-15-22(31-36-21)30-24(34)29-17-6-4-16(5-7-17)28-23(33)20-14-19(8-11-27-20)35-18-9-12-32(26)13-10-18/h4-8,11,14-15,18H,9-10,12-13H2,1-3H3,(H,28,33)(H2,29,30,31,34). The zero-order valence-corrected chi connectivity index (χ0v) is 21.1. The Morgan fingerprint density at radius 1 is 1.03 bits per heavy atom. The van der Waals surface area contributed by atoms with Crippen molar-refractivity contribution in [2.45, 2.75) is 45.1 Å². The molecular formula is C25H29ClN6O4. The third-order valence-electron chi connectivity index (χ3n) is 5.55. The van der Waals surface area contributed by atoms with Gasteiger partial charge in [-0.25, -0.2) is 9.21 Å². The van der Waals surface area contributed by atoms with E-state index in [0.717, 1.165) is 25.9 Å². The summed E-state index contributed by atoms with van der Waals surface area (Å²) in [5.74, 6) is 1.22. The fourth-order valence-corrected chi connectivity index (χ4v) is 3.74. The van der Waals surface area contributed by atoms with Gasteiger partial charge in [0.1, 0.15) is 23.3 Å². The molecule has 3 heterocycles. The van der Waals surface area contributed by atoms with Gasteiger partial charge in [0.2, 0.25) is 0 Å². The van der Waals surface area contributed by atoms with Crippen LogP contribution < -0.4 is 20.7 Å². The summed E-state index contributed by atoms with van der Waals surface area (Å²) in [4.78, 5) is 29.1. The van der Waals surface area contributed by atoms with E-state index < -0.39 is 6.03 Å². The lowest BCUT2D eigenvalue weighted by atomic mass is 9.93. The van der Waals surface area contributed by atoms with E-state index in [1.165, 1.54) is 0 Å². The van der Waals surface area contributed by atoms with Gasteiger partial charge in [-0.05, 0) is 55.0 Å². The summed E-state index contributed by atoms with van der Waals surface area (Å²) >= 11 is 6.00. The predicted octanol–water partition coefficient (Wildman–Crippen LogP) is 5.26. The largest absolute Gasteiger partial charge is 0.490 e. The Morgan fingerprint density at radius 2 is 1.69 bits per heavy atom. The molecule has 1 aromatic carbocycles. The lowest BCUT2D eigenvalue weighted by molar-refractivity contribution is 0.101. The van der Waals surface area contributed by atoms with Crippen molar-refractivity contribution >= 4 is 40.9 Å². The minimum Gasteiger partial charge on any atom is -0.490 e. The van der Waals surface area contributed by atoms with Crippen LogP contribution in [0, 0.1) is 0 Å². The number of amides is 3. The van der Waals surface area contributed by atoms with Gasteiger partial charge in [0, 0.05) is 48.2 Å². The third-order valence-corrected chi connectivity index (χ3v) is 5.88. The molecule has 3 aromatic rings. The van der Waals surface area contributed by atoms with Crippen LogP contribution >= 0.6 is 11.8 Å². The van der Waals surface area contributed by atoms with Crippen LogP contribution in [0.15, 0.2) is 53.2 Å². The van der Waals surface area contributed by atoms with Gasteiger partial charge in [0.25, 0.3) is 5.91 Å². The van der Waals surface area contributed by atoms with E-state index in [-0.39, 0.29) is 23.1 Å². The first-order chi connectivity index (χ1) is 17.2. The highest BCUT2D eigenvalue weighted by molar-refractivity contribution is 6.13. The number of ether oxygens (including phenoxy) is 1. The number of carbonyl (C=O) groups excluding carboxylic acids is 2. The van der Waals surface area contributed by atoms with Crippen molar-refractivity contribution < 1.29 is 18.8 Å². The fourth-order valence-electron chi connectivity index (χ4n) is 3.54. The average molecular weight is 513 g/mol. The van der Waals surface area contributed by atoms with Crippen molar-refractivity contribution in [1.82, 2.24) is 14.6 Å². The van der Waals surface area contributed by atoms with Crippen molar-refractivity contribution in [2.24, 2.45) is 0 Å². The lowest BCUT2D eigenvalue weighted by Crippen LogP contribution is -2.33. The van der Waals surface area contributed by atoms with Gasteiger partial charge in [-0.1, -0.05) is 25.9 Å². The van der Waals surface area contributed by atoms with E-state index in [0.29, 0.717) is 28.7 Å². The number of piperidine rings is 1. The molecule has 0 saturated carbocycles. The maximum atomic E-state index is 12.7. The number of pyridine rings is 1. The zero-order chi connectivity index (χ0) is 25.7. The predicted molar refractivity (Wildman–Crippen MR) is 138 cm³/mol. The van der Waals surface area contributed by atoms with Gasteiger partial charge in [0.15, 0.2) is 5.82 Å². The minimum absolute atomic E-state index is 0.0559. The molecule has 190 valence electrons. The van der Waals surface area contributed by atoms with Crippen LogP contribution in [0.5, 0.6) is 5.75 Å². The highest BCUT2D eigenvalue weighted by atomic mass is 35.5. The zero-order valence-electron chi connectivity index (χ0n) is 20.4. The second-order valence-electron chi connectivity index (χ2n) is 9.54. The number of halogens is 1. The first-order valence-electron chi connectivity index (χ1n) is 11.7. The molecule has 3 amide bonds. The third kappa shape index (κ3) is 6.96. The van der Waals surface area contributed by atoms with Crippen LogP contribution in [0.4, 0.5) is 22.0 Å². The molecule has 1 aliphatic heterocycles. The Hall–Kier alpha value is -3.63. The highest BCUT2D eigenvalue weighted by Gasteiger charge is 2.21. The van der Waals surface area contributed by atoms with E-state index in [2.05, 4.69) is 26.1 Å². The van der Waals surface area contributed by atoms with Crippen molar-refractivity contribution in [2.75, 3.05) is 29.0 Å². The van der Waals surface area contributed by atoms with E-state index in [4.69, 9.17) is 21.0 Å². The number of benzene rings is 1. The summed E-state index contributed by atoms with van der Waals surface area (Å²) < 4.78 is 13.0. The van der Waals surface area contributed by atoms with Crippen LogP contribution in [0.3, 0.4) is 0 Å². The molecule has 0 radical (unpaired) electrons. The van der Waals surface area contributed by atoms with Gasteiger partial charge >= 0.3 is 6.03 Å². The van der Waals surface area contributed by atoms with E-state index >= 15 is 0 Å². The summed E-state index contributed by atoms with van der Waals surface area (Å²) in [5, 5.41) is 12.0. The number of hydrogen-bond acceptors (Lipinski definition) is 7. The molecule has 36 heavy (non-hydrogen) atoms. The maximum Gasteiger partial charge on any atom is 0.324 e. The fraction of sp³-hybridized carbons (Fsp3) is 0.360. The topological polar surface area (TPSA) is 122 Å². The number of urea groups is 1. The Kier molecular flexibility index (Phi) is 7.76. The summed E-state index contributed by atoms with van der Waals surface area (Å²) in [6, 6.07) is 11.3.